The summed E-state index contributed by atoms with van der Waals surface area (Å²) in [6.07, 6.45) is -0.673. The fourth-order valence-corrected chi connectivity index (χ4v) is 1.61. The number of carbonyl (C=O) groups excluding carboxylic acids is 3. The van der Waals surface area contributed by atoms with Gasteiger partial charge in [-0.3, -0.25) is 4.79 Å². The highest BCUT2D eigenvalue weighted by Crippen LogP contribution is 2.11. The molecule has 0 aliphatic heterocycles. The molecule has 1 aromatic carbocycles. The molecule has 7 heteroatoms. The summed E-state index contributed by atoms with van der Waals surface area (Å²) in [6.45, 7) is 6.94. The number of amides is 2. The first kappa shape index (κ1) is 18.5. The molecule has 0 atom stereocenters. The quantitative estimate of drug-likeness (QED) is 0.811. The van der Waals surface area contributed by atoms with E-state index in [4.69, 9.17) is 9.47 Å². The number of esters is 1. The van der Waals surface area contributed by atoms with E-state index in [1.54, 1.807) is 45.9 Å². The van der Waals surface area contributed by atoms with Crippen LogP contribution in [0.25, 0.3) is 0 Å². The van der Waals surface area contributed by atoms with E-state index in [2.05, 4.69) is 10.6 Å². The molecule has 126 valence electrons. The van der Waals surface area contributed by atoms with E-state index >= 15 is 0 Å². The van der Waals surface area contributed by atoms with E-state index in [-0.39, 0.29) is 13.2 Å². The lowest BCUT2D eigenvalue weighted by Crippen LogP contribution is -2.37. The van der Waals surface area contributed by atoms with Crippen LogP contribution in [0.15, 0.2) is 24.3 Å². The van der Waals surface area contributed by atoms with Crippen LogP contribution in [0.5, 0.6) is 0 Å². The van der Waals surface area contributed by atoms with Crippen molar-refractivity contribution in [2.24, 2.45) is 0 Å². The van der Waals surface area contributed by atoms with Crippen molar-refractivity contribution in [3.05, 3.63) is 29.8 Å². The van der Waals surface area contributed by atoms with Crippen molar-refractivity contribution < 1.29 is 23.9 Å². The van der Waals surface area contributed by atoms with Crippen molar-refractivity contribution in [3.63, 3.8) is 0 Å². The van der Waals surface area contributed by atoms with Gasteiger partial charge in [0.2, 0.25) is 5.91 Å². The zero-order valence-corrected chi connectivity index (χ0v) is 13.8. The lowest BCUT2D eigenvalue weighted by molar-refractivity contribution is -0.115. The number of anilines is 1. The Hall–Kier alpha value is -2.57. The maximum absolute atomic E-state index is 11.8. The summed E-state index contributed by atoms with van der Waals surface area (Å²) in [4.78, 5) is 34.9. The highest BCUT2D eigenvalue weighted by molar-refractivity contribution is 5.96. The first-order valence-corrected chi connectivity index (χ1v) is 7.25. The first-order valence-electron chi connectivity index (χ1n) is 7.25. The van der Waals surface area contributed by atoms with Gasteiger partial charge < -0.3 is 20.1 Å². The van der Waals surface area contributed by atoms with Gasteiger partial charge in [0.25, 0.3) is 0 Å². The monoisotopic (exact) mass is 322 g/mol. The molecule has 0 aromatic heterocycles. The topological polar surface area (TPSA) is 93.7 Å². The Morgan fingerprint density at radius 1 is 1.17 bits per heavy atom. The predicted molar refractivity (Wildman–Crippen MR) is 85.3 cm³/mol. The normalized spacial score (nSPS) is 10.6. The summed E-state index contributed by atoms with van der Waals surface area (Å²) < 4.78 is 9.91. The molecule has 0 aliphatic rings. The largest absolute Gasteiger partial charge is 0.462 e. The van der Waals surface area contributed by atoms with E-state index in [1.807, 2.05) is 0 Å². The SMILES string of the molecule is CCOC(=O)c1cccc(NC(=O)CNC(=O)OC(C)(C)C)c1. The van der Waals surface area contributed by atoms with Crippen LogP contribution < -0.4 is 10.6 Å². The molecule has 0 fully saturated rings. The van der Waals surface area contributed by atoms with Gasteiger partial charge in [-0.05, 0) is 45.9 Å². The van der Waals surface area contributed by atoms with E-state index in [0.717, 1.165) is 0 Å². The van der Waals surface area contributed by atoms with Crippen LogP contribution in [0.4, 0.5) is 10.5 Å². The Bertz CT molecular complexity index is 578. The van der Waals surface area contributed by atoms with E-state index in [9.17, 15) is 14.4 Å². The maximum atomic E-state index is 11.8. The molecule has 7 nitrogen and oxygen atoms in total. The average Bonchev–Trinajstić information content (AvgIpc) is 2.44. The molecule has 0 aliphatic carbocycles. The Morgan fingerprint density at radius 2 is 1.87 bits per heavy atom. The van der Waals surface area contributed by atoms with Gasteiger partial charge >= 0.3 is 12.1 Å². The Morgan fingerprint density at radius 3 is 2.48 bits per heavy atom. The molecule has 2 N–H and O–H groups in total. The molecule has 0 bridgehead atoms. The van der Waals surface area contributed by atoms with Crippen LogP contribution in [0.1, 0.15) is 38.1 Å². The number of carbonyl (C=O) groups is 3. The standard InChI is InChI=1S/C16H22N2O5/c1-5-22-14(20)11-7-6-8-12(9-11)18-13(19)10-17-15(21)23-16(2,3)4/h6-9H,5,10H2,1-4H3,(H,17,21)(H,18,19). The minimum absolute atomic E-state index is 0.238. The molecule has 0 saturated carbocycles. The number of alkyl carbamates (subject to hydrolysis) is 1. The molecular weight excluding hydrogens is 300 g/mol. The highest BCUT2D eigenvalue weighted by atomic mass is 16.6. The number of nitrogens with one attached hydrogen (secondary N) is 2. The first-order chi connectivity index (χ1) is 10.7. The number of benzene rings is 1. The fourth-order valence-electron chi connectivity index (χ4n) is 1.61. The van der Waals surface area contributed by atoms with Crippen molar-refractivity contribution >= 4 is 23.7 Å². The summed E-state index contributed by atoms with van der Waals surface area (Å²) in [5.41, 5.74) is 0.144. The van der Waals surface area contributed by atoms with Gasteiger partial charge in [0.15, 0.2) is 0 Å². The summed E-state index contributed by atoms with van der Waals surface area (Å²) in [7, 11) is 0. The van der Waals surface area contributed by atoms with Crippen LogP contribution in [-0.4, -0.2) is 36.7 Å². The van der Waals surface area contributed by atoms with Gasteiger partial charge in [0, 0.05) is 5.69 Å². The second kappa shape index (κ2) is 8.17. The summed E-state index contributed by atoms with van der Waals surface area (Å²) >= 11 is 0. The van der Waals surface area contributed by atoms with Crippen molar-refractivity contribution in [1.29, 1.82) is 0 Å². The maximum Gasteiger partial charge on any atom is 0.408 e. The second-order valence-electron chi connectivity index (χ2n) is 5.70. The van der Waals surface area contributed by atoms with Gasteiger partial charge in [-0.15, -0.1) is 0 Å². The minimum Gasteiger partial charge on any atom is -0.462 e. The van der Waals surface area contributed by atoms with Crippen LogP contribution in [0, 0.1) is 0 Å². The Kier molecular flexibility index (Phi) is 6.56. The van der Waals surface area contributed by atoms with Crippen molar-refractivity contribution in [2.45, 2.75) is 33.3 Å². The van der Waals surface area contributed by atoms with Crippen molar-refractivity contribution in [3.8, 4) is 0 Å². The van der Waals surface area contributed by atoms with Crippen LogP contribution in [0.3, 0.4) is 0 Å². The van der Waals surface area contributed by atoms with E-state index in [0.29, 0.717) is 11.3 Å². The lowest BCUT2D eigenvalue weighted by atomic mass is 10.2. The van der Waals surface area contributed by atoms with Gasteiger partial charge in [0.05, 0.1) is 12.2 Å². The number of hydrogen-bond acceptors (Lipinski definition) is 5. The molecule has 1 rings (SSSR count). The third-order valence-corrected chi connectivity index (χ3v) is 2.45. The number of ether oxygens (including phenoxy) is 2. The smallest absolute Gasteiger partial charge is 0.408 e. The molecule has 1 aromatic rings. The molecule has 0 heterocycles. The second-order valence-corrected chi connectivity index (χ2v) is 5.70. The van der Waals surface area contributed by atoms with E-state index < -0.39 is 23.6 Å². The van der Waals surface area contributed by atoms with Gasteiger partial charge in [-0.2, -0.15) is 0 Å². The van der Waals surface area contributed by atoms with E-state index in [1.165, 1.54) is 6.07 Å². The summed E-state index contributed by atoms with van der Waals surface area (Å²) in [5.74, 6) is -0.896. The van der Waals surface area contributed by atoms with Crippen LogP contribution in [0.2, 0.25) is 0 Å². The minimum atomic E-state index is -0.673. The summed E-state index contributed by atoms with van der Waals surface area (Å²) in [5, 5.41) is 4.93. The predicted octanol–water partition coefficient (Wildman–Crippen LogP) is 2.33. The molecule has 0 unspecified atom stereocenters. The van der Waals surface area contributed by atoms with Crippen molar-refractivity contribution in [1.82, 2.24) is 5.32 Å². The molecule has 0 spiro atoms. The third kappa shape index (κ3) is 7.30. The lowest BCUT2D eigenvalue weighted by Gasteiger charge is -2.19. The molecule has 2 amide bonds. The van der Waals surface area contributed by atoms with Gasteiger partial charge in [-0.25, -0.2) is 9.59 Å². The van der Waals surface area contributed by atoms with Crippen molar-refractivity contribution in [2.75, 3.05) is 18.5 Å². The van der Waals surface area contributed by atoms with Crippen LogP contribution >= 0.6 is 0 Å². The molecule has 23 heavy (non-hydrogen) atoms. The molecular formula is C16H22N2O5. The third-order valence-electron chi connectivity index (χ3n) is 2.45. The molecule has 0 saturated heterocycles. The summed E-state index contributed by atoms with van der Waals surface area (Å²) in [6, 6.07) is 6.35. The Balaban J connectivity index is 2.53. The zero-order chi connectivity index (χ0) is 17.5. The average molecular weight is 322 g/mol. The number of rotatable bonds is 5. The fraction of sp³-hybridized carbons (Fsp3) is 0.438. The van der Waals surface area contributed by atoms with Crippen LogP contribution in [-0.2, 0) is 14.3 Å². The Labute approximate surface area is 135 Å². The number of hydrogen-bond donors (Lipinski definition) is 2. The van der Waals surface area contributed by atoms with Gasteiger partial charge in [-0.1, -0.05) is 6.07 Å². The molecule has 0 radical (unpaired) electrons. The highest BCUT2D eigenvalue weighted by Gasteiger charge is 2.16. The van der Waals surface area contributed by atoms with Gasteiger partial charge in [0.1, 0.15) is 12.1 Å². The zero-order valence-electron chi connectivity index (χ0n) is 13.8.